The Morgan fingerprint density at radius 2 is 1.79 bits per heavy atom. The first-order valence-corrected chi connectivity index (χ1v) is 5.56. The van der Waals surface area contributed by atoms with E-state index in [9.17, 15) is 14.4 Å². The molecule has 6 heteroatoms. The van der Waals surface area contributed by atoms with Crippen molar-refractivity contribution in [3.05, 3.63) is 48.0 Å². The van der Waals surface area contributed by atoms with E-state index in [1.165, 1.54) is 0 Å². The average Bonchev–Trinajstić information content (AvgIpc) is 2.37. The summed E-state index contributed by atoms with van der Waals surface area (Å²) in [6.07, 6.45) is 1.43. The zero-order valence-corrected chi connectivity index (χ0v) is 10.3. The summed E-state index contributed by atoms with van der Waals surface area (Å²) in [5.41, 5.74) is 0.895. The first-order valence-electron chi connectivity index (χ1n) is 5.56. The van der Waals surface area contributed by atoms with Crippen molar-refractivity contribution in [1.29, 1.82) is 0 Å². The summed E-state index contributed by atoms with van der Waals surface area (Å²) in [7, 11) is 0. The van der Waals surface area contributed by atoms with Gasteiger partial charge in [0.15, 0.2) is 0 Å². The van der Waals surface area contributed by atoms with Gasteiger partial charge in [0, 0.05) is 12.2 Å². The van der Waals surface area contributed by atoms with Crippen molar-refractivity contribution in [3.63, 3.8) is 0 Å². The number of rotatable bonds is 4. The number of amides is 3. The first kappa shape index (κ1) is 14.4. The number of urea groups is 1. The van der Waals surface area contributed by atoms with Crippen molar-refractivity contribution >= 4 is 17.9 Å². The molecule has 0 aliphatic rings. The molecule has 0 aromatic heterocycles. The molecule has 1 unspecified atom stereocenters. The predicted molar refractivity (Wildman–Crippen MR) is 68.3 cm³/mol. The number of nitrogens with one attached hydrogen (secondary N) is 2. The monoisotopic (exact) mass is 262 g/mol. The van der Waals surface area contributed by atoms with Crippen LogP contribution in [0.25, 0.3) is 0 Å². The van der Waals surface area contributed by atoms with E-state index in [0.29, 0.717) is 6.08 Å². The molecule has 1 aromatic rings. The van der Waals surface area contributed by atoms with Crippen LogP contribution in [-0.2, 0) is 9.59 Å². The van der Waals surface area contributed by atoms with Gasteiger partial charge in [0.25, 0.3) is 5.91 Å². The molecule has 1 rings (SSSR count). The maximum atomic E-state index is 11.5. The first-order chi connectivity index (χ1) is 8.99. The second-order valence-electron chi connectivity index (χ2n) is 3.77. The average molecular weight is 262 g/mol. The topological polar surface area (TPSA) is 95.5 Å². The summed E-state index contributed by atoms with van der Waals surface area (Å²) in [5, 5.41) is 12.9. The Morgan fingerprint density at radius 1 is 1.16 bits per heavy atom. The van der Waals surface area contributed by atoms with Crippen LogP contribution in [0.3, 0.4) is 0 Å². The summed E-state index contributed by atoms with van der Waals surface area (Å²) < 4.78 is 0. The molecule has 0 saturated heterocycles. The summed E-state index contributed by atoms with van der Waals surface area (Å²) in [6.45, 7) is 1.77. The minimum atomic E-state index is -1.26. The number of carbonyl (C=O) groups excluding carboxylic acids is 2. The summed E-state index contributed by atoms with van der Waals surface area (Å²) in [4.78, 5) is 32.8. The molecule has 1 aromatic carbocycles. The molecule has 0 aliphatic heterocycles. The Bertz CT molecular complexity index is 497. The third-order valence-corrected chi connectivity index (χ3v) is 2.26. The lowest BCUT2D eigenvalue weighted by molar-refractivity contribution is -0.131. The lowest BCUT2D eigenvalue weighted by Crippen LogP contribution is -2.39. The molecule has 6 nitrogen and oxygen atoms in total. The maximum Gasteiger partial charge on any atom is 0.328 e. The number of carboxylic acids is 1. The largest absolute Gasteiger partial charge is 0.478 e. The summed E-state index contributed by atoms with van der Waals surface area (Å²) >= 11 is 0. The molecular weight excluding hydrogens is 248 g/mol. The molecule has 3 amide bonds. The number of imide groups is 1. The molecule has 3 N–H and O–H groups in total. The van der Waals surface area contributed by atoms with Crippen LogP contribution in [0, 0.1) is 0 Å². The van der Waals surface area contributed by atoms with E-state index in [1.54, 1.807) is 6.92 Å². The Labute approximate surface area is 110 Å². The lowest BCUT2D eigenvalue weighted by atomic mass is 10.1. The second-order valence-corrected chi connectivity index (χ2v) is 3.77. The fourth-order valence-corrected chi connectivity index (χ4v) is 1.36. The van der Waals surface area contributed by atoms with E-state index >= 15 is 0 Å². The molecular formula is C13H14N2O4. The van der Waals surface area contributed by atoms with E-state index in [4.69, 9.17) is 5.11 Å². The Morgan fingerprint density at radius 3 is 2.37 bits per heavy atom. The molecule has 0 heterocycles. The molecule has 0 bridgehead atoms. The number of hydrogen-bond acceptors (Lipinski definition) is 3. The standard InChI is InChI=1S/C13H14N2O4/c1-9(10-5-3-2-4-6-10)14-13(19)15-11(16)7-8-12(17)18/h2-9H,1H3,(H,17,18)(H2,14,15,16,19)/b8-7+. The van der Waals surface area contributed by atoms with E-state index in [0.717, 1.165) is 11.6 Å². The van der Waals surface area contributed by atoms with Gasteiger partial charge in [-0.2, -0.15) is 0 Å². The van der Waals surface area contributed by atoms with Crippen molar-refractivity contribution in [2.24, 2.45) is 0 Å². The quantitative estimate of drug-likeness (QED) is 0.711. The van der Waals surface area contributed by atoms with Gasteiger partial charge in [-0.1, -0.05) is 30.3 Å². The predicted octanol–water partition coefficient (Wildman–Crippen LogP) is 1.21. The SMILES string of the molecule is CC(NC(=O)NC(=O)/C=C/C(=O)O)c1ccccc1. The molecule has 0 saturated carbocycles. The molecule has 1 atom stereocenters. The van der Waals surface area contributed by atoms with Crippen LogP contribution in [0.1, 0.15) is 18.5 Å². The van der Waals surface area contributed by atoms with Crippen LogP contribution in [0.2, 0.25) is 0 Å². The van der Waals surface area contributed by atoms with E-state index < -0.39 is 17.9 Å². The molecule has 100 valence electrons. The third kappa shape index (κ3) is 5.49. The van der Waals surface area contributed by atoms with Gasteiger partial charge in [0.05, 0.1) is 6.04 Å². The van der Waals surface area contributed by atoms with E-state index in [1.807, 2.05) is 35.6 Å². The fourth-order valence-electron chi connectivity index (χ4n) is 1.36. The Hall–Kier alpha value is -2.63. The highest BCUT2D eigenvalue weighted by atomic mass is 16.4. The van der Waals surface area contributed by atoms with E-state index in [-0.39, 0.29) is 6.04 Å². The highest BCUT2D eigenvalue weighted by Gasteiger charge is 2.10. The van der Waals surface area contributed by atoms with Crippen LogP contribution in [0.4, 0.5) is 4.79 Å². The number of benzene rings is 1. The van der Waals surface area contributed by atoms with Gasteiger partial charge in [-0.15, -0.1) is 0 Å². The van der Waals surface area contributed by atoms with Crippen LogP contribution in [-0.4, -0.2) is 23.0 Å². The normalized spacial score (nSPS) is 11.8. The number of aliphatic carboxylic acids is 1. The van der Waals surface area contributed by atoms with Crippen molar-refractivity contribution in [2.75, 3.05) is 0 Å². The van der Waals surface area contributed by atoms with Gasteiger partial charge in [0.1, 0.15) is 0 Å². The van der Waals surface area contributed by atoms with Gasteiger partial charge in [-0.3, -0.25) is 10.1 Å². The van der Waals surface area contributed by atoms with E-state index in [2.05, 4.69) is 5.32 Å². The van der Waals surface area contributed by atoms with Crippen LogP contribution in [0.15, 0.2) is 42.5 Å². The Balaban J connectivity index is 2.47. The zero-order chi connectivity index (χ0) is 14.3. The fraction of sp³-hybridized carbons (Fsp3) is 0.154. The summed E-state index contributed by atoms with van der Waals surface area (Å²) in [6, 6.07) is 8.28. The molecule has 0 aliphatic carbocycles. The smallest absolute Gasteiger partial charge is 0.328 e. The van der Waals surface area contributed by atoms with Gasteiger partial charge in [-0.05, 0) is 12.5 Å². The van der Waals surface area contributed by atoms with Gasteiger partial charge < -0.3 is 10.4 Å². The third-order valence-electron chi connectivity index (χ3n) is 2.26. The van der Waals surface area contributed by atoms with Crippen molar-refractivity contribution in [1.82, 2.24) is 10.6 Å². The maximum absolute atomic E-state index is 11.5. The van der Waals surface area contributed by atoms with Crippen LogP contribution >= 0.6 is 0 Å². The minimum Gasteiger partial charge on any atom is -0.478 e. The second kappa shape index (κ2) is 6.95. The van der Waals surface area contributed by atoms with Gasteiger partial charge in [-0.25, -0.2) is 9.59 Å². The van der Waals surface area contributed by atoms with Crippen LogP contribution in [0.5, 0.6) is 0 Å². The van der Waals surface area contributed by atoms with Crippen molar-refractivity contribution < 1.29 is 19.5 Å². The highest BCUT2D eigenvalue weighted by molar-refractivity contribution is 6.02. The minimum absolute atomic E-state index is 0.266. The molecule has 0 radical (unpaired) electrons. The van der Waals surface area contributed by atoms with Gasteiger partial charge >= 0.3 is 12.0 Å². The summed E-state index contributed by atoms with van der Waals surface area (Å²) in [5.74, 6) is -2.05. The number of carbonyl (C=O) groups is 3. The molecule has 0 spiro atoms. The van der Waals surface area contributed by atoms with Crippen molar-refractivity contribution in [2.45, 2.75) is 13.0 Å². The number of hydrogen-bond donors (Lipinski definition) is 3. The van der Waals surface area contributed by atoms with Gasteiger partial charge in [0.2, 0.25) is 0 Å². The lowest BCUT2D eigenvalue weighted by Gasteiger charge is -2.13. The Kier molecular flexibility index (Phi) is 5.28. The number of carboxylic acid groups (broad SMARTS) is 1. The van der Waals surface area contributed by atoms with Crippen molar-refractivity contribution in [3.8, 4) is 0 Å². The zero-order valence-electron chi connectivity index (χ0n) is 10.3. The molecule has 0 fully saturated rings. The highest BCUT2D eigenvalue weighted by Crippen LogP contribution is 2.10. The van der Waals surface area contributed by atoms with Crippen LogP contribution < -0.4 is 10.6 Å². The molecule has 19 heavy (non-hydrogen) atoms.